The molecular formula is C11H17BF3KN2O2. The van der Waals surface area contributed by atoms with Crippen LogP contribution in [0.3, 0.4) is 0 Å². The second-order valence-electron chi connectivity index (χ2n) is 5.66. The summed E-state index contributed by atoms with van der Waals surface area (Å²) in [5.41, 5.74) is -1.14. The van der Waals surface area contributed by atoms with Crippen molar-refractivity contribution in [3.05, 3.63) is 0 Å². The first-order valence-corrected chi connectivity index (χ1v) is 6.53. The van der Waals surface area contributed by atoms with E-state index < -0.39 is 30.9 Å². The summed E-state index contributed by atoms with van der Waals surface area (Å²) in [6.45, 7) is -1.58. The van der Waals surface area contributed by atoms with Gasteiger partial charge in [0.05, 0.1) is 0 Å². The Hall–Kier alpha value is 0.431. The Morgan fingerprint density at radius 1 is 1.25 bits per heavy atom. The second kappa shape index (κ2) is 6.28. The van der Waals surface area contributed by atoms with Crippen LogP contribution in [0.1, 0.15) is 33.1 Å². The molecule has 1 saturated heterocycles. The first kappa shape index (κ1) is 18.5. The quantitative estimate of drug-likeness (QED) is 0.532. The van der Waals surface area contributed by atoms with Crippen LogP contribution in [0.2, 0.25) is 0 Å². The monoisotopic (exact) mass is 316 g/mol. The average Bonchev–Trinajstić information content (AvgIpc) is 2.51. The van der Waals surface area contributed by atoms with Crippen LogP contribution in [0.4, 0.5) is 17.7 Å². The number of hydrogen-bond acceptors (Lipinski definition) is 2. The summed E-state index contributed by atoms with van der Waals surface area (Å²) in [6, 6.07) is -0.912. The molecule has 0 aromatic carbocycles. The summed E-state index contributed by atoms with van der Waals surface area (Å²) in [5.74, 6) is -0.992. The smallest absolute Gasteiger partial charge is 0.448 e. The molecule has 20 heavy (non-hydrogen) atoms. The molecular weight excluding hydrogens is 299 g/mol. The van der Waals surface area contributed by atoms with Crippen molar-refractivity contribution < 1.29 is 73.9 Å². The van der Waals surface area contributed by atoms with Gasteiger partial charge in [-0.25, -0.2) is 4.79 Å². The van der Waals surface area contributed by atoms with Gasteiger partial charge in [-0.3, -0.25) is 9.69 Å². The molecule has 9 heteroatoms. The third-order valence-electron chi connectivity index (χ3n) is 4.38. The predicted octanol–water partition coefficient (Wildman–Crippen LogP) is -0.876. The number of amides is 3. The van der Waals surface area contributed by atoms with E-state index in [1.807, 2.05) is 13.8 Å². The van der Waals surface area contributed by atoms with Crippen LogP contribution < -0.4 is 56.7 Å². The molecule has 0 aromatic rings. The maximum atomic E-state index is 12.5. The number of nitrogens with one attached hydrogen (secondary N) is 1. The standard InChI is InChI=1S/C11H17BF3N2O2.K/c1-7-4-3-5-8(2)11(7)9(18)17(10(19)16-11)6-12(13,14)15;/h7-8H,3-6H2,1-2H3,(H,16,19);/q-1;+1. The topological polar surface area (TPSA) is 49.4 Å². The largest absolute Gasteiger partial charge is 1.00 e. The van der Waals surface area contributed by atoms with Crippen molar-refractivity contribution in [3.8, 4) is 0 Å². The molecule has 1 N–H and O–H groups in total. The summed E-state index contributed by atoms with van der Waals surface area (Å²) in [6.07, 6.45) is 0.949. The summed E-state index contributed by atoms with van der Waals surface area (Å²) in [5, 5.41) is 2.54. The van der Waals surface area contributed by atoms with E-state index in [4.69, 9.17) is 0 Å². The number of nitrogens with zero attached hydrogens (tertiary/aromatic N) is 1. The number of hydrogen-bond donors (Lipinski definition) is 1. The molecule has 3 amide bonds. The Balaban J connectivity index is 0.00000200. The number of halogens is 3. The summed E-state index contributed by atoms with van der Waals surface area (Å²) < 4.78 is 37.5. The number of carbonyl (C=O) groups excluding carboxylic acids is 2. The first-order chi connectivity index (χ1) is 8.68. The van der Waals surface area contributed by atoms with E-state index in [9.17, 15) is 22.5 Å². The maximum absolute atomic E-state index is 12.5. The Morgan fingerprint density at radius 2 is 1.75 bits per heavy atom. The fourth-order valence-electron chi connectivity index (χ4n) is 3.33. The Kier molecular flexibility index (Phi) is 5.80. The van der Waals surface area contributed by atoms with E-state index in [2.05, 4.69) is 5.32 Å². The molecule has 1 heterocycles. The van der Waals surface area contributed by atoms with Crippen molar-refractivity contribution >= 4 is 18.9 Å². The molecule has 1 aliphatic heterocycles. The van der Waals surface area contributed by atoms with Crippen molar-refractivity contribution in [1.29, 1.82) is 0 Å². The van der Waals surface area contributed by atoms with E-state index >= 15 is 0 Å². The van der Waals surface area contributed by atoms with Crippen molar-refractivity contribution in [2.75, 3.05) is 6.44 Å². The van der Waals surface area contributed by atoms with E-state index in [1.54, 1.807) is 0 Å². The van der Waals surface area contributed by atoms with Gasteiger partial charge in [-0.1, -0.05) is 20.3 Å². The second-order valence-corrected chi connectivity index (χ2v) is 5.66. The van der Waals surface area contributed by atoms with Gasteiger partial charge < -0.3 is 18.3 Å². The Bertz CT molecular complexity index is 409. The van der Waals surface area contributed by atoms with E-state index in [0.717, 1.165) is 19.3 Å². The van der Waals surface area contributed by atoms with Crippen LogP contribution in [0.5, 0.6) is 0 Å². The molecule has 2 atom stereocenters. The normalized spacial score (nSPS) is 34.1. The van der Waals surface area contributed by atoms with Crippen molar-refractivity contribution in [2.45, 2.75) is 38.6 Å². The van der Waals surface area contributed by atoms with Crippen molar-refractivity contribution in [1.82, 2.24) is 10.2 Å². The minimum Gasteiger partial charge on any atom is -0.448 e. The zero-order valence-corrected chi connectivity index (χ0v) is 15.1. The molecule has 108 valence electrons. The molecule has 0 bridgehead atoms. The molecule has 2 unspecified atom stereocenters. The van der Waals surface area contributed by atoms with Gasteiger partial charge in [0.25, 0.3) is 5.91 Å². The number of imide groups is 1. The van der Waals surface area contributed by atoms with Crippen LogP contribution in [0, 0.1) is 11.8 Å². The molecule has 0 radical (unpaired) electrons. The molecule has 1 spiro atoms. The van der Waals surface area contributed by atoms with Gasteiger partial charge in [-0.2, -0.15) is 0 Å². The van der Waals surface area contributed by atoms with Crippen molar-refractivity contribution in [3.63, 3.8) is 0 Å². The van der Waals surface area contributed by atoms with E-state index in [-0.39, 0.29) is 63.2 Å². The number of rotatable bonds is 2. The van der Waals surface area contributed by atoms with Gasteiger partial charge >= 0.3 is 64.4 Å². The Morgan fingerprint density at radius 3 is 2.20 bits per heavy atom. The van der Waals surface area contributed by atoms with Crippen LogP contribution in [0.15, 0.2) is 0 Å². The predicted molar refractivity (Wildman–Crippen MR) is 64.2 cm³/mol. The van der Waals surface area contributed by atoms with E-state index in [0.29, 0.717) is 4.90 Å². The van der Waals surface area contributed by atoms with Gasteiger partial charge in [0, 0.05) is 6.44 Å². The zero-order chi connectivity index (χ0) is 14.4. The Labute approximate surface area is 158 Å². The molecule has 1 saturated carbocycles. The fourth-order valence-corrected chi connectivity index (χ4v) is 3.33. The minimum atomic E-state index is -5.21. The van der Waals surface area contributed by atoms with Crippen LogP contribution in [0.25, 0.3) is 0 Å². The van der Waals surface area contributed by atoms with Gasteiger partial charge in [0.1, 0.15) is 5.54 Å². The van der Waals surface area contributed by atoms with Crippen LogP contribution in [-0.2, 0) is 4.79 Å². The van der Waals surface area contributed by atoms with Crippen LogP contribution in [-0.4, -0.2) is 35.8 Å². The SMILES string of the molecule is CC1CCCC(C)C12NC(=O)N(C[B-](F)(F)F)C2=O.[K+]. The van der Waals surface area contributed by atoms with Gasteiger partial charge in [-0.15, -0.1) is 0 Å². The number of carbonyl (C=O) groups is 2. The molecule has 0 aromatic heterocycles. The third kappa shape index (κ3) is 3.11. The summed E-state index contributed by atoms with van der Waals surface area (Å²) in [4.78, 5) is 24.4. The van der Waals surface area contributed by atoms with Gasteiger partial charge in [0.2, 0.25) is 0 Å². The molecule has 1 aliphatic carbocycles. The zero-order valence-electron chi connectivity index (χ0n) is 12.0. The first-order valence-electron chi connectivity index (χ1n) is 6.53. The van der Waals surface area contributed by atoms with Crippen LogP contribution >= 0.6 is 0 Å². The number of urea groups is 1. The summed E-state index contributed by atoms with van der Waals surface area (Å²) in [7, 11) is 0. The average molecular weight is 316 g/mol. The molecule has 4 nitrogen and oxygen atoms in total. The molecule has 2 fully saturated rings. The summed E-state index contributed by atoms with van der Waals surface area (Å²) >= 11 is 0. The van der Waals surface area contributed by atoms with E-state index in [1.165, 1.54) is 0 Å². The third-order valence-corrected chi connectivity index (χ3v) is 4.38. The van der Waals surface area contributed by atoms with Gasteiger partial charge in [0.15, 0.2) is 0 Å². The molecule has 2 rings (SSSR count). The van der Waals surface area contributed by atoms with Crippen molar-refractivity contribution in [2.24, 2.45) is 11.8 Å². The maximum Gasteiger partial charge on any atom is 1.00 e. The minimum absolute atomic E-state index is 0. The molecule has 2 aliphatic rings. The fraction of sp³-hybridized carbons (Fsp3) is 0.818. The van der Waals surface area contributed by atoms with Gasteiger partial charge in [-0.05, 0) is 24.7 Å².